The number of thioether (sulfide) groups is 1. The molecule has 0 bridgehead atoms. The molecule has 0 saturated carbocycles. The summed E-state index contributed by atoms with van der Waals surface area (Å²) >= 11 is 1.39. The lowest BCUT2D eigenvalue weighted by atomic mass is 10.2. The largest absolute Gasteiger partial charge is 0.484 e. The molecule has 29 heavy (non-hydrogen) atoms. The zero-order chi connectivity index (χ0) is 21.3. The van der Waals surface area contributed by atoms with Crippen molar-refractivity contribution in [3.05, 3.63) is 54.1 Å². The molecule has 2 aromatic carbocycles. The lowest BCUT2D eigenvalue weighted by Crippen LogP contribution is -2.28. The van der Waals surface area contributed by atoms with Crippen molar-refractivity contribution in [2.24, 2.45) is 5.73 Å². The second-order valence-electron chi connectivity index (χ2n) is 5.92. The van der Waals surface area contributed by atoms with Gasteiger partial charge in [0.15, 0.2) is 6.61 Å². The van der Waals surface area contributed by atoms with E-state index < -0.39 is 24.7 Å². The van der Waals surface area contributed by atoms with Crippen LogP contribution in [0.25, 0.3) is 0 Å². The lowest BCUT2D eigenvalue weighted by Gasteiger charge is -2.12. The van der Waals surface area contributed by atoms with Gasteiger partial charge < -0.3 is 21.1 Å². The third-order valence-corrected chi connectivity index (χ3v) is 4.57. The Bertz CT molecular complexity index is 847. The van der Waals surface area contributed by atoms with Crippen molar-refractivity contribution < 1.29 is 27.5 Å². The van der Waals surface area contributed by atoms with Crippen LogP contribution in [-0.4, -0.2) is 30.5 Å². The fourth-order valence-corrected chi connectivity index (χ4v) is 3.19. The van der Waals surface area contributed by atoms with Crippen molar-refractivity contribution in [3.8, 4) is 5.75 Å². The molecule has 0 radical (unpaired) electrons. The van der Waals surface area contributed by atoms with Gasteiger partial charge in [0.25, 0.3) is 0 Å². The average Bonchev–Trinajstić information content (AvgIpc) is 2.66. The number of nitrogens with one attached hydrogen (secondary N) is 2. The normalized spacial score (nSPS) is 11.0. The minimum absolute atomic E-state index is 0.0678. The molecule has 0 spiro atoms. The lowest BCUT2D eigenvalue weighted by molar-refractivity contribution is -0.153. The number of nitrogens with two attached hydrogens (primary N) is 1. The highest BCUT2D eigenvalue weighted by Crippen LogP contribution is 2.27. The van der Waals surface area contributed by atoms with E-state index in [1.165, 1.54) is 23.9 Å². The van der Waals surface area contributed by atoms with Gasteiger partial charge in [0.05, 0.1) is 5.69 Å². The zero-order valence-electron chi connectivity index (χ0n) is 15.3. The highest BCUT2D eigenvalue weighted by atomic mass is 32.2. The molecule has 2 rings (SSSR count). The van der Waals surface area contributed by atoms with E-state index in [2.05, 4.69) is 10.6 Å². The first-order chi connectivity index (χ1) is 13.7. The number of hydrogen-bond acceptors (Lipinski definition) is 4. The summed E-state index contributed by atoms with van der Waals surface area (Å²) in [7, 11) is 0. The Morgan fingerprint density at radius 3 is 2.59 bits per heavy atom. The highest BCUT2D eigenvalue weighted by Gasteiger charge is 2.28. The Hall–Kier alpha value is -2.88. The third kappa shape index (κ3) is 8.77. The number of alkyl halides is 3. The second kappa shape index (κ2) is 10.6. The molecule has 0 aliphatic carbocycles. The van der Waals surface area contributed by atoms with Gasteiger partial charge in [-0.05, 0) is 29.8 Å². The van der Waals surface area contributed by atoms with Crippen LogP contribution in [0.2, 0.25) is 0 Å². The quantitative estimate of drug-likeness (QED) is 0.529. The summed E-state index contributed by atoms with van der Waals surface area (Å²) in [4.78, 5) is 23.8. The number of carbonyl (C=O) groups is 2. The van der Waals surface area contributed by atoms with E-state index in [0.29, 0.717) is 17.0 Å². The Balaban J connectivity index is 1.88. The second-order valence-corrected chi connectivity index (χ2v) is 7.06. The van der Waals surface area contributed by atoms with E-state index in [1.54, 1.807) is 24.3 Å². The molecule has 2 aromatic rings. The standard InChI is InChI=1S/C19H20F3N3O3S/c20-19(21,22)12-28-14-5-3-4-13(10-14)11-24-18(27)25-15-6-1-2-7-16(15)29-9-8-17(23)26/h1-7,10H,8-9,11-12H2,(H2,23,26)(H2,24,25,27). The van der Waals surface area contributed by atoms with Crippen LogP contribution in [0.5, 0.6) is 5.75 Å². The zero-order valence-corrected chi connectivity index (χ0v) is 16.1. The van der Waals surface area contributed by atoms with Crippen LogP contribution in [0, 0.1) is 0 Å². The molecule has 10 heteroatoms. The van der Waals surface area contributed by atoms with Crippen LogP contribution in [-0.2, 0) is 11.3 Å². The fraction of sp³-hybridized carbons (Fsp3) is 0.263. The predicted molar refractivity (Wildman–Crippen MR) is 105 cm³/mol. The molecule has 0 aromatic heterocycles. The minimum Gasteiger partial charge on any atom is -0.484 e. The summed E-state index contributed by atoms with van der Waals surface area (Å²) in [6.45, 7) is -1.28. The molecule has 3 amide bonds. The van der Waals surface area contributed by atoms with Gasteiger partial charge in [-0.3, -0.25) is 4.79 Å². The first-order valence-electron chi connectivity index (χ1n) is 8.56. The number of anilines is 1. The number of ether oxygens (including phenoxy) is 1. The Labute approximate surface area is 170 Å². The van der Waals surface area contributed by atoms with Gasteiger partial charge in [-0.1, -0.05) is 24.3 Å². The number of para-hydroxylation sites is 1. The van der Waals surface area contributed by atoms with E-state index in [9.17, 15) is 22.8 Å². The molecule has 156 valence electrons. The number of rotatable bonds is 9. The minimum atomic E-state index is -4.42. The van der Waals surface area contributed by atoms with E-state index in [-0.39, 0.29) is 18.7 Å². The maximum atomic E-state index is 12.2. The molecule has 6 nitrogen and oxygen atoms in total. The van der Waals surface area contributed by atoms with Crippen molar-refractivity contribution in [1.29, 1.82) is 0 Å². The number of benzene rings is 2. The smallest absolute Gasteiger partial charge is 0.422 e. The van der Waals surface area contributed by atoms with Crippen molar-refractivity contribution in [2.75, 3.05) is 17.7 Å². The van der Waals surface area contributed by atoms with Crippen LogP contribution in [0.4, 0.5) is 23.7 Å². The van der Waals surface area contributed by atoms with Crippen molar-refractivity contribution >= 4 is 29.4 Å². The van der Waals surface area contributed by atoms with E-state index in [4.69, 9.17) is 10.5 Å². The first kappa shape index (κ1) is 22.4. The summed E-state index contributed by atoms with van der Waals surface area (Å²) in [6.07, 6.45) is -4.20. The number of carbonyl (C=O) groups excluding carboxylic acids is 2. The highest BCUT2D eigenvalue weighted by molar-refractivity contribution is 7.99. The average molecular weight is 427 g/mol. The third-order valence-electron chi connectivity index (χ3n) is 3.50. The van der Waals surface area contributed by atoms with Crippen LogP contribution in [0.1, 0.15) is 12.0 Å². The van der Waals surface area contributed by atoms with E-state index in [1.807, 2.05) is 12.1 Å². The molecule has 4 N–H and O–H groups in total. The van der Waals surface area contributed by atoms with E-state index >= 15 is 0 Å². The summed E-state index contributed by atoms with van der Waals surface area (Å²) in [6, 6.07) is 12.7. The van der Waals surface area contributed by atoms with Crippen LogP contribution in [0.3, 0.4) is 0 Å². The van der Waals surface area contributed by atoms with Gasteiger partial charge in [0.1, 0.15) is 5.75 Å². The number of halogens is 3. The summed E-state index contributed by atoms with van der Waals surface area (Å²) in [5, 5.41) is 5.35. The monoisotopic (exact) mass is 427 g/mol. The summed E-state index contributed by atoms with van der Waals surface area (Å²) in [5.41, 5.74) is 6.28. The molecule has 0 fully saturated rings. The predicted octanol–water partition coefficient (Wildman–Crippen LogP) is 3.92. The van der Waals surface area contributed by atoms with Crippen LogP contribution < -0.4 is 21.1 Å². The SMILES string of the molecule is NC(=O)CCSc1ccccc1NC(=O)NCc1cccc(OCC(F)(F)F)c1. The van der Waals surface area contributed by atoms with Gasteiger partial charge >= 0.3 is 12.2 Å². The number of primary amides is 1. The maximum Gasteiger partial charge on any atom is 0.422 e. The number of urea groups is 1. The van der Waals surface area contributed by atoms with Crippen molar-refractivity contribution in [3.63, 3.8) is 0 Å². The maximum absolute atomic E-state index is 12.2. The Kier molecular flexibility index (Phi) is 8.20. The van der Waals surface area contributed by atoms with Crippen molar-refractivity contribution in [2.45, 2.75) is 24.0 Å². The molecule has 0 atom stereocenters. The summed E-state index contributed by atoms with van der Waals surface area (Å²) < 4.78 is 41.4. The molecular weight excluding hydrogens is 407 g/mol. The van der Waals surface area contributed by atoms with Gasteiger partial charge in [-0.25, -0.2) is 4.79 Å². The topological polar surface area (TPSA) is 93.5 Å². The molecule has 0 aliphatic heterocycles. The molecule has 0 heterocycles. The molecule has 0 aliphatic rings. The Morgan fingerprint density at radius 1 is 1.10 bits per heavy atom. The first-order valence-corrected chi connectivity index (χ1v) is 9.55. The number of amides is 3. The molecule has 0 unspecified atom stereocenters. The van der Waals surface area contributed by atoms with Gasteiger partial charge in [0, 0.05) is 23.6 Å². The van der Waals surface area contributed by atoms with Crippen LogP contribution >= 0.6 is 11.8 Å². The number of hydrogen-bond donors (Lipinski definition) is 3. The van der Waals surface area contributed by atoms with Gasteiger partial charge in [0.2, 0.25) is 5.91 Å². The van der Waals surface area contributed by atoms with Gasteiger partial charge in [-0.15, -0.1) is 11.8 Å². The van der Waals surface area contributed by atoms with E-state index in [0.717, 1.165) is 4.90 Å². The molecular formula is C19H20F3N3O3S. The fourth-order valence-electron chi connectivity index (χ4n) is 2.22. The molecule has 0 saturated heterocycles. The van der Waals surface area contributed by atoms with Crippen LogP contribution in [0.15, 0.2) is 53.4 Å². The summed E-state index contributed by atoms with van der Waals surface area (Å²) in [5.74, 6) is 0.153. The van der Waals surface area contributed by atoms with Gasteiger partial charge in [-0.2, -0.15) is 13.2 Å². The Morgan fingerprint density at radius 2 is 1.86 bits per heavy atom. The van der Waals surface area contributed by atoms with Crippen molar-refractivity contribution in [1.82, 2.24) is 5.32 Å².